The third-order valence-electron chi connectivity index (χ3n) is 6.87. The summed E-state index contributed by atoms with van der Waals surface area (Å²) >= 11 is 6.01. The number of carbonyl (C=O) groups excluding carboxylic acids is 2. The van der Waals surface area contributed by atoms with Crippen LogP contribution in [0.1, 0.15) is 61.1 Å². The summed E-state index contributed by atoms with van der Waals surface area (Å²) in [6, 6.07) is 7.68. The molecule has 0 atom stereocenters. The molecule has 4 rings (SSSR count). The fraction of sp³-hybridized carbons (Fsp3) is 0.480. The van der Waals surface area contributed by atoms with E-state index in [4.69, 9.17) is 16.3 Å². The number of fused-ring (bicyclic) bond motifs is 1. The summed E-state index contributed by atoms with van der Waals surface area (Å²) in [6.45, 7) is 6.48. The predicted octanol–water partition coefficient (Wildman–Crippen LogP) is 4.67. The first kappa shape index (κ1) is 22.6. The van der Waals surface area contributed by atoms with Crippen LogP contribution in [0, 0.1) is 12.8 Å². The van der Waals surface area contributed by atoms with Crippen molar-refractivity contribution in [1.82, 2.24) is 10.3 Å². The minimum atomic E-state index is -0.532. The van der Waals surface area contributed by atoms with E-state index < -0.39 is 5.41 Å². The molecule has 1 aromatic heterocycles. The van der Waals surface area contributed by atoms with Crippen LogP contribution in [-0.2, 0) is 10.2 Å². The summed E-state index contributed by atoms with van der Waals surface area (Å²) in [5, 5.41) is 3.59. The Morgan fingerprint density at radius 2 is 1.97 bits per heavy atom. The van der Waals surface area contributed by atoms with E-state index in [0.717, 1.165) is 42.7 Å². The molecule has 6 nitrogen and oxygen atoms in total. The minimum absolute atomic E-state index is 0.121. The van der Waals surface area contributed by atoms with Crippen molar-refractivity contribution in [2.75, 3.05) is 18.6 Å². The van der Waals surface area contributed by atoms with E-state index in [0.29, 0.717) is 28.7 Å². The van der Waals surface area contributed by atoms with Gasteiger partial charge in [-0.15, -0.1) is 0 Å². The number of benzene rings is 1. The maximum Gasteiger partial charge on any atom is 0.253 e. The van der Waals surface area contributed by atoms with Gasteiger partial charge in [0.05, 0.1) is 34.5 Å². The van der Waals surface area contributed by atoms with Gasteiger partial charge in [-0.3, -0.25) is 14.6 Å². The molecule has 0 saturated heterocycles. The number of pyridine rings is 1. The van der Waals surface area contributed by atoms with Crippen LogP contribution in [0.25, 0.3) is 0 Å². The molecule has 2 aromatic rings. The molecule has 2 aliphatic rings. The van der Waals surface area contributed by atoms with E-state index in [2.05, 4.69) is 10.3 Å². The van der Waals surface area contributed by atoms with E-state index in [9.17, 15) is 9.59 Å². The highest BCUT2D eigenvalue weighted by atomic mass is 35.5. The molecule has 32 heavy (non-hydrogen) atoms. The maximum atomic E-state index is 13.2. The van der Waals surface area contributed by atoms with Crippen molar-refractivity contribution in [3.63, 3.8) is 0 Å². The van der Waals surface area contributed by atoms with Crippen LogP contribution < -0.4 is 15.0 Å². The first-order chi connectivity index (χ1) is 15.2. The standard InChI is InChI=1S/C25H30ClN3O3/c1-15-20(11-17(26)13-27-15)23(30)28-18-7-5-16(6-8-18)14-29-22-12-19(32-4)9-10-21(22)25(2,3)24(29)31/h9-13,16,18H,5-8,14H2,1-4H3,(H,28,30). The molecular formula is C25H30ClN3O3. The first-order valence-corrected chi connectivity index (χ1v) is 11.5. The highest BCUT2D eigenvalue weighted by Gasteiger charge is 2.44. The molecule has 1 aliphatic heterocycles. The van der Waals surface area contributed by atoms with Gasteiger partial charge in [0.1, 0.15) is 5.75 Å². The van der Waals surface area contributed by atoms with Gasteiger partial charge in [-0.2, -0.15) is 0 Å². The average molecular weight is 456 g/mol. The van der Waals surface area contributed by atoms with E-state index in [1.54, 1.807) is 19.4 Å². The third kappa shape index (κ3) is 4.20. The van der Waals surface area contributed by atoms with Gasteiger partial charge in [-0.1, -0.05) is 17.7 Å². The normalized spacial score (nSPS) is 21.9. The van der Waals surface area contributed by atoms with Gasteiger partial charge < -0.3 is 15.0 Å². The molecular weight excluding hydrogens is 426 g/mol. The predicted molar refractivity (Wildman–Crippen MR) is 126 cm³/mol. The van der Waals surface area contributed by atoms with Crippen molar-refractivity contribution in [2.45, 2.75) is 57.9 Å². The second kappa shape index (κ2) is 8.74. The Hall–Kier alpha value is -2.60. The van der Waals surface area contributed by atoms with Crippen LogP contribution in [0.2, 0.25) is 5.02 Å². The van der Waals surface area contributed by atoms with Crippen LogP contribution in [-0.4, -0.2) is 36.5 Å². The zero-order valence-corrected chi connectivity index (χ0v) is 19.8. The van der Waals surface area contributed by atoms with E-state index >= 15 is 0 Å². The molecule has 1 fully saturated rings. The van der Waals surface area contributed by atoms with E-state index in [-0.39, 0.29) is 17.9 Å². The van der Waals surface area contributed by atoms with E-state index in [1.165, 1.54) is 0 Å². The Kier molecular flexibility index (Phi) is 6.17. The van der Waals surface area contributed by atoms with Crippen LogP contribution in [0.15, 0.2) is 30.5 Å². The number of halogens is 1. The van der Waals surface area contributed by atoms with E-state index in [1.807, 2.05) is 43.9 Å². The SMILES string of the molecule is COc1ccc2c(c1)N(CC1CCC(NC(=O)c3cc(Cl)cnc3C)CC1)C(=O)C2(C)C. The molecule has 2 heterocycles. The lowest BCUT2D eigenvalue weighted by atomic mass is 9.85. The molecule has 0 radical (unpaired) electrons. The number of rotatable bonds is 5. The summed E-state index contributed by atoms with van der Waals surface area (Å²) in [4.78, 5) is 32.0. The average Bonchev–Trinajstić information content (AvgIpc) is 2.96. The Balaban J connectivity index is 1.39. The monoisotopic (exact) mass is 455 g/mol. The van der Waals surface area contributed by atoms with Gasteiger partial charge in [-0.05, 0) is 70.1 Å². The van der Waals surface area contributed by atoms with Crippen molar-refractivity contribution in [3.8, 4) is 5.75 Å². The number of carbonyl (C=O) groups is 2. The summed E-state index contributed by atoms with van der Waals surface area (Å²) < 4.78 is 5.39. The maximum absolute atomic E-state index is 13.2. The van der Waals surface area contributed by atoms with Gasteiger partial charge in [0.2, 0.25) is 5.91 Å². The van der Waals surface area contributed by atoms with Crippen molar-refractivity contribution >= 4 is 29.1 Å². The number of ether oxygens (including phenoxy) is 1. The summed E-state index contributed by atoms with van der Waals surface area (Å²) in [5.41, 5.74) is 2.67. The molecule has 7 heteroatoms. The highest BCUT2D eigenvalue weighted by Crippen LogP contribution is 2.44. The third-order valence-corrected chi connectivity index (χ3v) is 7.08. The Morgan fingerprint density at radius 3 is 2.66 bits per heavy atom. The van der Waals surface area contributed by atoms with Gasteiger partial charge in [0, 0.05) is 24.8 Å². The number of amides is 2. The molecule has 0 spiro atoms. The number of anilines is 1. The number of nitrogens with one attached hydrogen (secondary N) is 1. The van der Waals surface area contributed by atoms with Gasteiger partial charge in [0.25, 0.3) is 5.91 Å². The van der Waals surface area contributed by atoms with Gasteiger partial charge in [0.15, 0.2) is 0 Å². The minimum Gasteiger partial charge on any atom is -0.497 e. The first-order valence-electron chi connectivity index (χ1n) is 11.1. The zero-order valence-electron chi connectivity index (χ0n) is 19.1. The fourth-order valence-electron chi connectivity index (χ4n) is 4.88. The summed E-state index contributed by atoms with van der Waals surface area (Å²) in [6.07, 6.45) is 5.25. The number of aryl methyl sites for hydroxylation is 1. The Morgan fingerprint density at radius 1 is 1.25 bits per heavy atom. The van der Waals surface area contributed by atoms with Crippen LogP contribution in [0.3, 0.4) is 0 Å². The van der Waals surface area contributed by atoms with Gasteiger partial charge >= 0.3 is 0 Å². The van der Waals surface area contributed by atoms with Crippen LogP contribution >= 0.6 is 11.6 Å². The molecule has 170 valence electrons. The second-order valence-corrected chi connectivity index (χ2v) is 9.84. The molecule has 2 amide bonds. The quantitative estimate of drug-likeness (QED) is 0.711. The number of nitrogens with zero attached hydrogens (tertiary/aromatic N) is 2. The number of hydrogen-bond acceptors (Lipinski definition) is 4. The summed E-state index contributed by atoms with van der Waals surface area (Å²) in [7, 11) is 1.64. The fourth-order valence-corrected chi connectivity index (χ4v) is 5.04. The van der Waals surface area contributed by atoms with Crippen LogP contribution in [0.5, 0.6) is 5.75 Å². The number of methoxy groups -OCH3 is 1. The van der Waals surface area contributed by atoms with Gasteiger partial charge in [-0.25, -0.2) is 0 Å². The molecule has 0 bridgehead atoms. The molecule has 1 aromatic carbocycles. The molecule has 1 N–H and O–H groups in total. The largest absolute Gasteiger partial charge is 0.497 e. The summed E-state index contributed by atoms with van der Waals surface area (Å²) in [5.74, 6) is 1.17. The Bertz CT molecular complexity index is 1040. The zero-order chi connectivity index (χ0) is 23.0. The van der Waals surface area contributed by atoms with Crippen molar-refractivity contribution in [2.24, 2.45) is 5.92 Å². The molecule has 1 saturated carbocycles. The number of aromatic nitrogens is 1. The Labute approximate surface area is 194 Å². The van der Waals surface area contributed by atoms with Crippen molar-refractivity contribution in [3.05, 3.63) is 52.3 Å². The van der Waals surface area contributed by atoms with Crippen molar-refractivity contribution in [1.29, 1.82) is 0 Å². The number of hydrogen-bond donors (Lipinski definition) is 1. The lowest BCUT2D eigenvalue weighted by Crippen LogP contribution is -2.42. The highest BCUT2D eigenvalue weighted by molar-refractivity contribution is 6.30. The molecule has 1 aliphatic carbocycles. The lowest BCUT2D eigenvalue weighted by molar-refractivity contribution is -0.122. The second-order valence-electron chi connectivity index (χ2n) is 9.40. The smallest absolute Gasteiger partial charge is 0.253 e. The topological polar surface area (TPSA) is 71.5 Å². The molecule has 0 unspecified atom stereocenters. The van der Waals surface area contributed by atoms with Crippen molar-refractivity contribution < 1.29 is 14.3 Å². The lowest BCUT2D eigenvalue weighted by Gasteiger charge is -2.32. The van der Waals surface area contributed by atoms with Crippen LogP contribution in [0.4, 0.5) is 5.69 Å².